The van der Waals surface area contributed by atoms with E-state index in [1.165, 1.54) is 42.0 Å². The topological polar surface area (TPSA) is 23.5 Å². The van der Waals surface area contributed by atoms with Crippen molar-refractivity contribution in [2.24, 2.45) is 0 Å². The summed E-state index contributed by atoms with van der Waals surface area (Å²) in [4.78, 5) is 2.47. The molecule has 1 fully saturated rings. The molecule has 3 rings (SSSR count). The molecule has 1 saturated carbocycles. The van der Waals surface area contributed by atoms with Gasteiger partial charge in [0.15, 0.2) is 0 Å². The SMILES string of the molecule is OCCN(Cc1cccc2ccccc12)C1CCCC1. The molecule has 0 radical (unpaired) electrons. The lowest BCUT2D eigenvalue weighted by atomic mass is 10.0. The quantitative estimate of drug-likeness (QED) is 0.897. The first-order chi connectivity index (χ1) is 9.88. The highest BCUT2D eigenvalue weighted by atomic mass is 16.3. The van der Waals surface area contributed by atoms with Gasteiger partial charge in [0.1, 0.15) is 0 Å². The van der Waals surface area contributed by atoms with Crippen molar-refractivity contribution in [1.29, 1.82) is 0 Å². The molecule has 2 aromatic rings. The molecule has 0 spiro atoms. The van der Waals surface area contributed by atoms with Gasteiger partial charge in [0.05, 0.1) is 6.61 Å². The zero-order chi connectivity index (χ0) is 13.8. The lowest BCUT2D eigenvalue weighted by molar-refractivity contribution is 0.145. The van der Waals surface area contributed by atoms with E-state index in [0.29, 0.717) is 6.04 Å². The van der Waals surface area contributed by atoms with Gasteiger partial charge in [-0.15, -0.1) is 0 Å². The number of nitrogens with zero attached hydrogens (tertiary/aromatic N) is 1. The molecule has 1 aliphatic carbocycles. The zero-order valence-corrected chi connectivity index (χ0v) is 12.0. The van der Waals surface area contributed by atoms with Gasteiger partial charge in [-0.1, -0.05) is 55.3 Å². The first kappa shape index (κ1) is 13.6. The van der Waals surface area contributed by atoms with E-state index in [1.807, 2.05) is 0 Å². The summed E-state index contributed by atoms with van der Waals surface area (Å²) in [7, 11) is 0. The van der Waals surface area contributed by atoms with Gasteiger partial charge >= 0.3 is 0 Å². The second-order valence-electron chi connectivity index (χ2n) is 5.77. The van der Waals surface area contributed by atoms with E-state index in [0.717, 1.165) is 13.1 Å². The number of rotatable bonds is 5. The Morgan fingerprint density at radius 2 is 1.75 bits per heavy atom. The third-order valence-corrected chi connectivity index (χ3v) is 4.48. The predicted molar refractivity (Wildman–Crippen MR) is 83.7 cm³/mol. The number of hydrogen-bond acceptors (Lipinski definition) is 2. The maximum Gasteiger partial charge on any atom is 0.0558 e. The van der Waals surface area contributed by atoms with Gasteiger partial charge in [0.25, 0.3) is 0 Å². The maximum atomic E-state index is 9.35. The predicted octanol–water partition coefficient (Wildman–Crippen LogP) is 3.58. The minimum absolute atomic E-state index is 0.251. The Labute approximate surface area is 121 Å². The van der Waals surface area contributed by atoms with Gasteiger partial charge in [0, 0.05) is 19.1 Å². The molecule has 0 bridgehead atoms. The smallest absolute Gasteiger partial charge is 0.0558 e. The molecule has 2 nitrogen and oxygen atoms in total. The summed E-state index contributed by atoms with van der Waals surface area (Å²) >= 11 is 0. The molecule has 2 aromatic carbocycles. The highest BCUT2D eigenvalue weighted by molar-refractivity contribution is 5.85. The lowest BCUT2D eigenvalue weighted by Crippen LogP contribution is -2.35. The third kappa shape index (κ3) is 2.87. The van der Waals surface area contributed by atoms with Crippen LogP contribution < -0.4 is 0 Å². The fourth-order valence-electron chi connectivity index (χ4n) is 3.44. The van der Waals surface area contributed by atoms with Crippen molar-refractivity contribution >= 4 is 10.8 Å². The van der Waals surface area contributed by atoms with Crippen LogP contribution in [0.2, 0.25) is 0 Å². The van der Waals surface area contributed by atoms with Crippen LogP contribution in [0.1, 0.15) is 31.2 Å². The average molecular weight is 269 g/mol. The molecule has 1 aliphatic rings. The Bertz CT molecular complexity index is 555. The molecular weight excluding hydrogens is 246 g/mol. The Balaban J connectivity index is 1.86. The summed E-state index contributed by atoms with van der Waals surface area (Å²) in [6, 6.07) is 15.8. The molecule has 0 aromatic heterocycles. The fraction of sp³-hybridized carbons (Fsp3) is 0.444. The van der Waals surface area contributed by atoms with Crippen LogP contribution >= 0.6 is 0 Å². The first-order valence-corrected chi connectivity index (χ1v) is 7.70. The minimum Gasteiger partial charge on any atom is -0.395 e. The van der Waals surface area contributed by atoms with E-state index in [-0.39, 0.29) is 6.61 Å². The Morgan fingerprint density at radius 3 is 2.55 bits per heavy atom. The van der Waals surface area contributed by atoms with E-state index in [1.54, 1.807) is 0 Å². The molecule has 20 heavy (non-hydrogen) atoms. The van der Waals surface area contributed by atoms with Gasteiger partial charge in [-0.3, -0.25) is 4.90 Å². The number of aliphatic hydroxyl groups is 1. The van der Waals surface area contributed by atoms with Crippen molar-refractivity contribution in [2.75, 3.05) is 13.2 Å². The van der Waals surface area contributed by atoms with Crippen LogP contribution in [0.15, 0.2) is 42.5 Å². The summed E-state index contributed by atoms with van der Waals surface area (Å²) in [5, 5.41) is 12.0. The van der Waals surface area contributed by atoms with Gasteiger partial charge < -0.3 is 5.11 Å². The molecule has 2 heteroatoms. The van der Waals surface area contributed by atoms with Gasteiger partial charge in [0.2, 0.25) is 0 Å². The van der Waals surface area contributed by atoms with Crippen molar-refractivity contribution in [2.45, 2.75) is 38.3 Å². The molecule has 0 aliphatic heterocycles. The highest BCUT2D eigenvalue weighted by Crippen LogP contribution is 2.26. The van der Waals surface area contributed by atoms with Crippen molar-refractivity contribution in [3.8, 4) is 0 Å². The third-order valence-electron chi connectivity index (χ3n) is 4.48. The fourth-order valence-corrected chi connectivity index (χ4v) is 3.44. The normalized spacial score (nSPS) is 16.3. The largest absolute Gasteiger partial charge is 0.395 e. The van der Waals surface area contributed by atoms with Crippen molar-refractivity contribution < 1.29 is 5.11 Å². The number of hydrogen-bond donors (Lipinski definition) is 1. The molecule has 106 valence electrons. The molecule has 0 amide bonds. The minimum atomic E-state index is 0.251. The molecule has 1 N–H and O–H groups in total. The van der Waals surface area contributed by atoms with Crippen LogP contribution in [0.25, 0.3) is 10.8 Å². The molecule has 0 heterocycles. The van der Waals surface area contributed by atoms with E-state index < -0.39 is 0 Å². The van der Waals surface area contributed by atoms with Crippen molar-refractivity contribution in [1.82, 2.24) is 4.90 Å². The Morgan fingerprint density at radius 1 is 1.00 bits per heavy atom. The van der Waals surface area contributed by atoms with Crippen LogP contribution in [-0.2, 0) is 6.54 Å². The molecular formula is C18H23NO. The van der Waals surface area contributed by atoms with Crippen LogP contribution in [0, 0.1) is 0 Å². The maximum absolute atomic E-state index is 9.35. The van der Waals surface area contributed by atoms with Crippen LogP contribution in [0.4, 0.5) is 0 Å². The van der Waals surface area contributed by atoms with Crippen molar-refractivity contribution in [3.05, 3.63) is 48.0 Å². The van der Waals surface area contributed by atoms with E-state index in [2.05, 4.69) is 47.4 Å². The van der Waals surface area contributed by atoms with Crippen molar-refractivity contribution in [3.63, 3.8) is 0 Å². The zero-order valence-electron chi connectivity index (χ0n) is 12.0. The Hall–Kier alpha value is -1.38. The van der Waals surface area contributed by atoms with Crippen LogP contribution in [-0.4, -0.2) is 29.2 Å². The standard InChI is InChI=1S/C18H23NO/c20-13-12-19(17-9-2-3-10-17)14-16-8-5-7-15-6-1-4-11-18(15)16/h1,4-8,11,17,20H,2-3,9-10,12-14H2. The second kappa shape index (κ2) is 6.38. The summed E-state index contributed by atoms with van der Waals surface area (Å²) in [5.74, 6) is 0. The number of aliphatic hydroxyl groups excluding tert-OH is 1. The molecule has 0 unspecified atom stereocenters. The number of fused-ring (bicyclic) bond motifs is 1. The lowest BCUT2D eigenvalue weighted by Gasteiger charge is -2.28. The van der Waals surface area contributed by atoms with Gasteiger partial charge in [-0.25, -0.2) is 0 Å². The van der Waals surface area contributed by atoms with E-state index in [9.17, 15) is 5.11 Å². The van der Waals surface area contributed by atoms with Crippen LogP contribution in [0.5, 0.6) is 0 Å². The monoisotopic (exact) mass is 269 g/mol. The summed E-state index contributed by atoms with van der Waals surface area (Å²) in [6.07, 6.45) is 5.24. The Kier molecular flexibility index (Phi) is 4.34. The molecule has 0 saturated heterocycles. The van der Waals surface area contributed by atoms with Gasteiger partial charge in [-0.2, -0.15) is 0 Å². The van der Waals surface area contributed by atoms with E-state index in [4.69, 9.17) is 0 Å². The second-order valence-corrected chi connectivity index (χ2v) is 5.77. The summed E-state index contributed by atoms with van der Waals surface area (Å²) in [5.41, 5.74) is 1.38. The molecule has 0 atom stereocenters. The van der Waals surface area contributed by atoms with Gasteiger partial charge in [-0.05, 0) is 29.2 Å². The number of benzene rings is 2. The summed E-state index contributed by atoms with van der Waals surface area (Å²) in [6.45, 7) is 1.99. The highest BCUT2D eigenvalue weighted by Gasteiger charge is 2.22. The summed E-state index contributed by atoms with van der Waals surface area (Å²) < 4.78 is 0. The first-order valence-electron chi connectivity index (χ1n) is 7.70. The van der Waals surface area contributed by atoms with Crippen LogP contribution in [0.3, 0.4) is 0 Å². The average Bonchev–Trinajstić information content (AvgIpc) is 3.01. The van der Waals surface area contributed by atoms with E-state index >= 15 is 0 Å².